The van der Waals surface area contributed by atoms with Gasteiger partial charge in [-0.25, -0.2) is 14.6 Å². The van der Waals surface area contributed by atoms with Crippen molar-refractivity contribution in [3.8, 4) is 17.1 Å². The molecule has 32 heavy (non-hydrogen) atoms. The third-order valence-electron chi connectivity index (χ3n) is 5.14. The normalized spacial score (nSPS) is 12.2. The summed E-state index contributed by atoms with van der Waals surface area (Å²) in [5.74, 6) is -0.359. The molecule has 0 saturated heterocycles. The standard InChI is InChI=1S/C23H19F4N5/c1-14-10-11-15(21(24)28-14)16-6-4-7-17(29-16)22(2,3)18-8-5-9-20(30-18)32-13-12-19(31-32)23(25,26)27/h4-13H,1-3H3. The third kappa shape index (κ3) is 4.10. The van der Waals surface area contributed by atoms with Crippen LogP contribution in [0.1, 0.15) is 36.6 Å². The van der Waals surface area contributed by atoms with Crippen LogP contribution >= 0.6 is 0 Å². The summed E-state index contributed by atoms with van der Waals surface area (Å²) in [5.41, 5.74) is 0.760. The maximum absolute atomic E-state index is 14.4. The van der Waals surface area contributed by atoms with Gasteiger partial charge in [-0.1, -0.05) is 12.1 Å². The number of alkyl halides is 3. The molecule has 0 saturated carbocycles. The highest BCUT2D eigenvalue weighted by molar-refractivity contribution is 5.59. The highest BCUT2D eigenvalue weighted by Gasteiger charge is 2.34. The van der Waals surface area contributed by atoms with Gasteiger partial charge < -0.3 is 0 Å². The van der Waals surface area contributed by atoms with Gasteiger partial charge in [0.25, 0.3) is 0 Å². The third-order valence-corrected chi connectivity index (χ3v) is 5.14. The van der Waals surface area contributed by atoms with Crippen LogP contribution in [0.3, 0.4) is 0 Å². The van der Waals surface area contributed by atoms with Gasteiger partial charge in [-0.05, 0) is 63.2 Å². The average Bonchev–Trinajstić information content (AvgIpc) is 3.25. The molecule has 4 aromatic heterocycles. The van der Waals surface area contributed by atoms with E-state index in [9.17, 15) is 17.6 Å². The minimum atomic E-state index is -4.54. The van der Waals surface area contributed by atoms with Gasteiger partial charge in [0.15, 0.2) is 11.5 Å². The maximum atomic E-state index is 14.4. The minimum absolute atomic E-state index is 0.246. The van der Waals surface area contributed by atoms with Crippen LogP contribution in [0.2, 0.25) is 0 Å². The molecule has 5 nitrogen and oxygen atoms in total. The fraction of sp³-hybridized carbons (Fsp3) is 0.217. The summed E-state index contributed by atoms with van der Waals surface area (Å²) in [7, 11) is 0. The Hall–Kier alpha value is -3.62. The Labute approximate surface area is 181 Å². The van der Waals surface area contributed by atoms with Gasteiger partial charge >= 0.3 is 6.18 Å². The Balaban J connectivity index is 1.71. The topological polar surface area (TPSA) is 56.5 Å². The van der Waals surface area contributed by atoms with Gasteiger partial charge in [0.2, 0.25) is 5.95 Å². The highest BCUT2D eigenvalue weighted by atomic mass is 19.4. The van der Waals surface area contributed by atoms with Crippen molar-refractivity contribution in [1.82, 2.24) is 24.7 Å². The second kappa shape index (κ2) is 7.81. The van der Waals surface area contributed by atoms with Gasteiger partial charge in [-0.15, -0.1) is 0 Å². The molecule has 0 aliphatic rings. The van der Waals surface area contributed by atoms with Gasteiger partial charge in [-0.2, -0.15) is 22.7 Å². The smallest absolute Gasteiger partial charge is 0.252 e. The number of hydrogen-bond donors (Lipinski definition) is 0. The Morgan fingerprint density at radius 1 is 0.781 bits per heavy atom. The summed E-state index contributed by atoms with van der Waals surface area (Å²) < 4.78 is 54.1. The number of halogens is 4. The second-order valence-electron chi connectivity index (χ2n) is 7.85. The van der Waals surface area contributed by atoms with E-state index in [0.717, 1.165) is 10.7 Å². The molecule has 4 heterocycles. The molecule has 0 aromatic carbocycles. The molecule has 0 fully saturated rings. The van der Waals surface area contributed by atoms with Crippen LogP contribution < -0.4 is 0 Å². The Bertz CT molecular complexity index is 1280. The summed E-state index contributed by atoms with van der Waals surface area (Å²) in [5, 5.41) is 3.58. The molecule has 0 spiro atoms. The van der Waals surface area contributed by atoms with Crippen molar-refractivity contribution in [1.29, 1.82) is 0 Å². The maximum Gasteiger partial charge on any atom is 0.435 e. The largest absolute Gasteiger partial charge is 0.435 e. The fourth-order valence-corrected chi connectivity index (χ4v) is 3.28. The summed E-state index contributed by atoms with van der Waals surface area (Å²) in [4.78, 5) is 13.0. The number of pyridine rings is 3. The zero-order chi connectivity index (χ0) is 23.1. The fourth-order valence-electron chi connectivity index (χ4n) is 3.28. The van der Waals surface area contributed by atoms with Crippen molar-refractivity contribution in [2.24, 2.45) is 0 Å². The number of nitrogens with zero attached hydrogens (tertiary/aromatic N) is 5. The lowest BCUT2D eigenvalue weighted by Crippen LogP contribution is -2.23. The zero-order valence-electron chi connectivity index (χ0n) is 17.5. The monoisotopic (exact) mass is 441 g/mol. The average molecular weight is 441 g/mol. The van der Waals surface area contributed by atoms with Gasteiger partial charge in [-0.3, -0.25) is 4.98 Å². The molecule has 0 aliphatic carbocycles. The van der Waals surface area contributed by atoms with Crippen molar-refractivity contribution in [2.45, 2.75) is 32.4 Å². The molecule has 164 valence electrons. The number of rotatable bonds is 4. The molecule has 4 aromatic rings. The number of aromatic nitrogens is 5. The first-order valence-corrected chi connectivity index (χ1v) is 9.77. The van der Waals surface area contributed by atoms with E-state index in [1.54, 1.807) is 55.5 Å². The molecule has 0 amide bonds. The first-order valence-electron chi connectivity index (χ1n) is 9.77. The second-order valence-corrected chi connectivity index (χ2v) is 7.85. The number of hydrogen-bond acceptors (Lipinski definition) is 4. The molecule has 0 aliphatic heterocycles. The Morgan fingerprint density at radius 3 is 2.12 bits per heavy atom. The summed E-state index contributed by atoms with van der Waals surface area (Å²) in [6.45, 7) is 5.48. The predicted octanol–water partition coefficient (Wildman–Crippen LogP) is 5.52. The van der Waals surface area contributed by atoms with E-state index in [2.05, 4.69) is 20.1 Å². The minimum Gasteiger partial charge on any atom is -0.252 e. The van der Waals surface area contributed by atoms with Crippen molar-refractivity contribution in [2.75, 3.05) is 0 Å². The van der Waals surface area contributed by atoms with Gasteiger partial charge in [0.1, 0.15) is 0 Å². The van der Waals surface area contributed by atoms with Crippen LogP contribution in [0.5, 0.6) is 0 Å². The van der Waals surface area contributed by atoms with Crippen LogP contribution in [-0.2, 0) is 11.6 Å². The molecule has 4 rings (SSSR count). The molecular formula is C23H19F4N5. The van der Waals surface area contributed by atoms with E-state index in [1.165, 1.54) is 6.20 Å². The summed E-state index contributed by atoms with van der Waals surface area (Å²) in [6, 6.07) is 14.5. The van der Waals surface area contributed by atoms with Gasteiger partial charge in [0, 0.05) is 17.3 Å². The molecular weight excluding hydrogens is 422 g/mol. The van der Waals surface area contributed by atoms with Crippen LogP contribution in [0.15, 0.2) is 60.8 Å². The molecule has 0 radical (unpaired) electrons. The predicted molar refractivity (Wildman–Crippen MR) is 111 cm³/mol. The highest BCUT2D eigenvalue weighted by Crippen LogP contribution is 2.32. The van der Waals surface area contributed by atoms with E-state index in [4.69, 9.17) is 0 Å². The van der Waals surface area contributed by atoms with Gasteiger partial charge in [0.05, 0.1) is 22.6 Å². The van der Waals surface area contributed by atoms with E-state index in [0.29, 0.717) is 22.8 Å². The lowest BCUT2D eigenvalue weighted by Gasteiger charge is -2.24. The van der Waals surface area contributed by atoms with Crippen LogP contribution in [0.4, 0.5) is 17.6 Å². The Morgan fingerprint density at radius 2 is 1.47 bits per heavy atom. The molecule has 0 unspecified atom stereocenters. The van der Waals surface area contributed by atoms with Crippen LogP contribution in [0.25, 0.3) is 17.1 Å². The van der Waals surface area contributed by atoms with Crippen molar-refractivity contribution in [3.05, 3.63) is 89.5 Å². The van der Waals surface area contributed by atoms with E-state index in [-0.39, 0.29) is 11.4 Å². The lowest BCUT2D eigenvalue weighted by atomic mass is 9.84. The first-order chi connectivity index (χ1) is 15.1. The van der Waals surface area contributed by atoms with Crippen molar-refractivity contribution >= 4 is 0 Å². The molecule has 0 bridgehead atoms. The lowest BCUT2D eigenvalue weighted by molar-refractivity contribution is -0.141. The van der Waals surface area contributed by atoms with Crippen LogP contribution in [-0.4, -0.2) is 24.7 Å². The van der Waals surface area contributed by atoms with Crippen LogP contribution in [0, 0.1) is 12.9 Å². The van der Waals surface area contributed by atoms with Crippen molar-refractivity contribution < 1.29 is 17.6 Å². The zero-order valence-corrected chi connectivity index (χ0v) is 17.5. The molecule has 9 heteroatoms. The SMILES string of the molecule is Cc1ccc(-c2cccc(C(C)(C)c3cccc(-n4ccc(C(F)(F)F)n4)n3)n2)c(F)n1. The Kier molecular flexibility index (Phi) is 5.28. The van der Waals surface area contributed by atoms with E-state index in [1.807, 2.05) is 13.8 Å². The molecule has 0 atom stereocenters. The van der Waals surface area contributed by atoms with E-state index >= 15 is 0 Å². The van der Waals surface area contributed by atoms with E-state index < -0.39 is 23.2 Å². The summed E-state index contributed by atoms with van der Waals surface area (Å²) in [6.07, 6.45) is -3.32. The molecule has 0 N–H and O–H groups in total. The van der Waals surface area contributed by atoms with Crippen molar-refractivity contribution in [3.63, 3.8) is 0 Å². The quantitative estimate of drug-likeness (QED) is 0.309. The number of aryl methyl sites for hydroxylation is 1. The summed E-state index contributed by atoms with van der Waals surface area (Å²) >= 11 is 0. The first kappa shape index (κ1) is 21.6.